The van der Waals surface area contributed by atoms with Gasteiger partial charge in [-0.05, 0) is 44.9 Å². The van der Waals surface area contributed by atoms with E-state index in [1.54, 1.807) is 12.1 Å². The summed E-state index contributed by atoms with van der Waals surface area (Å²) in [6, 6.07) is 7.86. The highest BCUT2D eigenvalue weighted by atomic mass is 35.5. The third-order valence-electron chi connectivity index (χ3n) is 6.73. The molecule has 0 saturated carbocycles. The largest absolute Gasteiger partial charge is 0.397 e. The summed E-state index contributed by atoms with van der Waals surface area (Å²) in [5.41, 5.74) is 7.56. The van der Waals surface area contributed by atoms with Crippen molar-refractivity contribution >= 4 is 39.9 Å². The van der Waals surface area contributed by atoms with Crippen LogP contribution in [0.25, 0.3) is 10.8 Å². The van der Waals surface area contributed by atoms with Gasteiger partial charge < -0.3 is 10.6 Å². The standard InChI is InChI=1S/C21H22ClN3O2/c1-24-11-4-2-5-12(24)9-13(8-11)25-20(26)15-7-3-6-14-18(15)16(21(25)27)10-17(22)19(14)23/h3,6-7,10-13H,2,4-5,8-9,23H2,1H3/t11-,12+,13?. The number of hydrogen-bond donors (Lipinski definition) is 1. The van der Waals surface area contributed by atoms with Crippen molar-refractivity contribution in [1.29, 1.82) is 0 Å². The maximum Gasteiger partial charge on any atom is 0.261 e. The predicted octanol–water partition coefficient (Wildman–Crippen LogP) is 3.69. The zero-order chi connectivity index (χ0) is 18.9. The summed E-state index contributed by atoms with van der Waals surface area (Å²) in [6.07, 6.45) is 5.19. The van der Waals surface area contributed by atoms with Crippen molar-refractivity contribution in [3.63, 3.8) is 0 Å². The molecule has 6 heteroatoms. The first-order valence-corrected chi connectivity index (χ1v) is 9.95. The Morgan fingerprint density at radius 1 is 1.04 bits per heavy atom. The van der Waals surface area contributed by atoms with Gasteiger partial charge in [-0.15, -0.1) is 0 Å². The first kappa shape index (κ1) is 17.0. The van der Waals surface area contributed by atoms with E-state index in [-0.39, 0.29) is 17.9 Å². The molecule has 3 aliphatic heterocycles. The van der Waals surface area contributed by atoms with Gasteiger partial charge in [-0.2, -0.15) is 0 Å². The normalized spacial score (nSPS) is 28.1. The fourth-order valence-electron chi connectivity index (χ4n) is 5.30. The van der Waals surface area contributed by atoms with Crippen molar-refractivity contribution < 1.29 is 9.59 Å². The van der Waals surface area contributed by atoms with Crippen LogP contribution in [-0.4, -0.2) is 46.8 Å². The fourth-order valence-corrected chi connectivity index (χ4v) is 5.51. The Balaban J connectivity index is 1.62. The number of benzene rings is 2. The van der Waals surface area contributed by atoms with E-state index < -0.39 is 0 Å². The van der Waals surface area contributed by atoms with E-state index in [2.05, 4.69) is 11.9 Å². The van der Waals surface area contributed by atoms with Crippen LogP contribution < -0.4 is 5.73 Å². The van der Waals surface area contributed by atoms with Gasteiger partial charge >= 0.3 is 0 Å². The number of rotatable bonds is 1. The molecule has 2 N–H and O–H groups in total. The third-order valence-corrected chi connectivity index (χ3v) is 7.04. The van der Waals surface area contributed by atoms with Crippen LogP contribution in [0.1, 0.15) is 52.8 Å². The monoisotopic (exact) mass is 383 g/mol. The summed E-state index contributed by atoms with van der Waals surface area (Å²) in [4.78, 5) is 30.6. The summed E-state index contributed by atoms with van der Waals surface area (Å²) in [7, 11) is 2.17. The van der Waals surface area contributed by atoms with Crippen LogP contribution in [0.3, 0.4) is 0 Å². The average Bonchev–Trinajstić information content (AvgIpc) is 2.64. The third kappa shape index (κ3) is 2.34. The Bertz CT molecular complexity index is 975. The van der Waals surface area contributed by atoms with E-state index in [1.165, 1.54) is 11.3 Å². The van der Waals surface area contributed by atoms with Gasteiger partial charge in [0.1, 0.15) is 0 Å². The number of anilines is 1. The lowest BCUT2D eigenvalue weighted by Gasteiger charge is -2.49. The predicted molar refractivity (Wildman–Crippen MR) is 106 cm³/mol. The Hall–Kier alpha value is -2.11. The molecule has 3 aliphatic rings. The van der Waals surface area contributed by atoms with Crippen LogP contribution in [0.2, 0.25) is 5.02 Å². The minimum absolute atomic E-state index is 0.0590. The maximum atomic E-state index is 13.4. The molecule has 1 unspecified atom stereocenters. The molecular formula is C21H22ClN3O2. The lowest BCUT2D eigenvalue weighted by molar-refractivity contribution is 0.0108. The molecule has 2 saturated heterocycles. The smallest absolute Gasteiger partial charge is 0.261 e. The Morgan fingerprint density at radius 2 is 1.70 bits per heavy atom. The van der Waals surface area contributed by atoms with Gasteiger partial charge in [0.05, 0.1) is 16.3 Å². The number of imide groups is 1. The van der Waals surface area contributed by atoms with Gasteiger partial charge in [0.2, 0.25) is 0 Å². The van der Waals surface area contributed by atoms with E-state index in [4.69, 9.17) is 17.3 Å². The van der Waals surface area contributed by atoms with Gasteiger partial charge in [0.25, 0.3) is 11.8 Å². The van der Waals surface area contributed by atoms with Crippen LogP contribution in [0.4, 0.5) is 5.69 Å². The zero-order valence-electron chi connectivity index (χ0n) is 15.2. The Morgan fingerprint density at radius 3 is 2.41 bits per heavy atom. The second kappa shape index (κ2) is 5.94. The first-order chi connectivity index (χ1) is 13.0. The topological polar surface area (TPSA) is 66.6 Å². The number of piperidine rings is 2. The van der Waals surface area contributed by atoms with Crippen molar-refractivity contribution in [3.8, 4) is 0 Å². The van der Waals surface area contributed by atoms with Crippen LogP contribution in [0, 0.1) is 0 Å². The van der Waals surface area contributed by atoms with Crippen LogP contribution in [-0.2, 0) is 0 Å². The summed E-state index contributed by atoms with van der Waals surface area (Å²) in [5.74, 6) is -0.439. The number of nitrogens with two attached hydrogens (primary N) is 1. The Labute approximate surface area is 163 Å². The van der Waals surface area contributed by atoms with Crippen LogP contribution in [0.15, 0.2) is 24.3 Å². The molecule has 140 valence electrons. The van der Waals surface area contributed by atoms with E-state index in [9.17, 15) is 9.59 Å². The molecule has 3 heterocycles. The minimum atomic E-state index is -0.238. The van der Waals surface area contributed by atoms with E-state index >= 15 is 0 Å². The van der Waals surface area contributed by atoms with E-state index in [1.807, 2.05) is 12.1 Å². The summed E-state index contributed by atoms with van der Waals surface area (Å²) >= 11 is 6.29. The summed E-state index contributed by atoms with van der Waals surface area (Å²) in [5, 5.41) is 1.67. The minimum Gasteiger partial charge on any atom is -0.397 e. The van der Waals surface area contributed by atoms with Gasteiger partial charge in [0.15, 0.2) is 0 Å². The van der Waals surface area contributed by atoms with Gasteiger partial charge in [0, 0.05) is 34.5 Å². The molecule has 0 radical (unpaired) electrons. The zero-order valence-corrected chi connectivity index (χ0v) is 16.0. The number of fused-ring (bicyclic) bond motifs is 2. The first-order valence-electron chi connectivity index (χ1n) is 9.58. The number of halogens is 1. The fraction of sp³-hybridized carbons (Fsp3) is 0.429. The number of nitrogen functional groups attached to an aromatic ring is 1. The van der Waals surface area contributed by atoms with E-state index in [0.29, 0.717) is 44.7 Å². The van der Waals surface area contributed by atoms with Crippen molar-refractivity contribution in [2.24, 2.45) is 0 Å². The van der Waals surface area contributed by atoms with Crippen molar-refractivity contribution in [2.75, 3.05) is 12.8 Å². The van der Waals surface area contributed by atoms with Crippen molar-refractivity contribution in [3.05, 3.63) is 40.4 Å². The second-order valence-electron chi connectivity index (χ2n) is 8.06. The van der Waals surface area contributed by atoms with Gasteiger partial charge in [-0.3, -0.25) is 14.5 Å². The van der Waals surface area contributed by atoms with Crippen molar-refractivity contribution in [2.45, 2.75) is 50.2 Å². The van der Waals surface area contributed by atoms with Crippen LogP contribution >= 0.6 is 11.6 Å². The number of hydrogen-bond acceptors (Lipinski definition) is 4. The number of carbonyl (C=O) groups excluding carboxylic acids is 2. The molecule has 5 nitrogen and oxygen atoms in total. The van der Waals surface area contributed by atoms with Gasteiger partial charge in [-0.1, -0.05) is 30.2 Å². The molecular weight excluding hydrogens is 362 g/mol. The highest BCUT2D eigenvalue weighted by Gasteiger charge is 2.44. The van der Waals surface area contributed by atoms with Crippen molar-refractivity contribution in [1.82, 2.24) is 9.80 Å². The molecule has 2 aromatic carbocycles. The Kier molecular flexibility index (Phi) is 3.75. The summed E-state index contributed by atoms with van der Waals surface area (Å²) in [6.45, 7) is 0. The number of nitrogens with zero attached hydrogens (tertiary/aromatic N) is 2. The van der Waals surface area contributed by atoms with E-state index in [0.717, 1.165) is 25.7 Å². The molecule has 5 rings (SSSR count). The highest BCUT2D eigenvalue weighted by molar-refractivity contribution is 6.37. The highest BCUT2D eigenvalue weighted by Crippen LogP contribution is 2.41. The number of carbonyl (C=O) groups is 2. The average molecular weight is 384 g/mol. The molecule has 0 aliphatic carbocycles. The quantitative estimate of drug-likeness (QED) is 0.602. The number of amides is 2. The molecule has 2 aromatic rings. The molecule has 0 aromatic heterocycles. The molecule has 2 amide bonds. The maximum absolute atomic E-state index is 13.4. The molecule has 0 spiro atoms. The SMILES string of the molecule is CN1[C@@H]2CCC[C@H]1CC(N1C(=O)c3cccc4c(N)c(Cl)cc(c34)C1=O)C2. The molecule has 3 atom stereocenters. The molecule has 27 heavy (non-hydrogen) atoms. The molecule has 2 bridgehead atoms. The second-order valence-corrected chi connectivity index (χ2v) is 8.46. The van der Waals surface area contributed by atoms with Gasteiger partial charge in [-0.25, -0.2) is 0 Å². The molecule has 2 fully saturated rings. The lowest BCUT2D eigenvalue weighted by atomic mass is 9.80. The lowest BCUT2D eigenvalue weighted by Crippen LogP contribution is -2.58. The van der Waals surface area contributed by atoms with Crippen LogP contribution in [0.5, 0.6) is 0 Å². The summed E-state index contributed by atoms with van der Waals surface area (Å²) < 4.78 is 0.